The molecule has 5 heteroatoms. The van der Waals surface area contributed by atoms with Gasteiger partial charge in [0, 0.05) is 32.6 Å². The minimum absolute atomic E-state index is 0.259. The monoisotopic (exact) mass is 391 g/mol. The van der Waals surface area contributed by atoms with Gasteiger partial charge in [-0.3, -0.25) is 4.79 Å². The lowest BCUT2D eigenvalue weighted by molar-refractivity contribution is -0.131. The van der Waals surface area contributed by atoms with Gasteiger partial charge in [-0.2, -0.15) is 0 Å². The molecule has 1 amide bonds. The van der Waals surface area contributed by atoms with Crippen molar-refractivity contribution >= 4 is 17.4 Å². The van der Waals surface area contributed by atoms with E-state index in [0.29, 0.717) is 12.3 Å². The van der Waals surface area contributed by atoms with Crippen LogP contribution < -0.4 is 4.74 Å². The molecule has 2 aliphatic heterocycles. The normalized spacial score (nSPS) is 16.3. The Kier molecular flexibility index (Phi) is 5.56. The Labute approximate surface area is 173 Å². The Bertz CT molecular complexity index is 935. The fourth-order valence-electron chi connectivity index (χ4n) is 3.93. The summed E-state index contributed by atoms with van der Waals surface area (Å²) in [5, 5.41) is 0. The molecular weight excluding hydrogens is 362 g/mol. The van der Waals surface area contributed by atoms with Gasteiger partial charge in [-0.1, -0.05) is 37.6 Å². The quantitative estimate of drug-likeness (QED) is 0.741. The first-order valence-corrected chi connectivity index (χ1v) is 10.5. The van der Waals surface area contributed by atoms with Crippen LogP contribution in [0.15, 0.2) is 47.5 Å². The van der Waals surface area contributed by atoms with Gasteiger partial charge >= 0.3 is 0 Å². The molecule has 5 nitrogen and oxygen atoms in total. The molecule has 0 spiro atoms. The second-order valence-corrected chi connectivity index (χ2v) is 8.32. The highest BCUT2D eigenvalue weighted by atomic mass is 16.5. The molecule has 0 saturated carbocycles. The number of para-hydroxylation sites is 2. The highest BCUT2D eigenvalue weighted by Gasteiger charge is 2.26. The lowest BCUT2D eigenvalue weighted by Crippen LogP contribution is -2.38. The standard InChI is InChI=1S/C24H29N3O2/c1-17(2)15-23(28)26-11-6-12-27(14-13-26)24-19-16-18(3)9-10-21(19)29-22-8-5-4-7-20(22)25-24/h4-5,7-10,16-17H,6,11-15H2,1-3H3. The fraction of sp³-hybridized carbons (Fsp3) is 0.417. The number of hydrogen-bond donors (Lipinski definition) is 0. The Balaban J connectivity index is 1.65. The molecule has 4 rings (SSSR count). The van der Waals surface area contributed by atoms with Crippen LogP contribution in [0.5, 0.6) is 11.5 Å². The predicted molar refractivity (Wildman–Crippen MR) is 116 cm³/mol. The van der Waals surface area contributed by atoms with E-state index in [1.165, 1.54) is 5.56 Å². The zero-order valence-electron chi connectivity index (χ0n) is 17.5. The average Bonchev–Trinajstić information content (AvgIpc) is 3.02. The molecule has 1 saturated heterocycles. The number of aryl methyl sites for hydroxylation is 1. The molecule has 29 heavy (non-hydrogen) atoms. The maximum atomic E-state index is 12.6. The van der Waals surface area contributed by atoms with Gasteiger partial charge in [0.05, 0.1) is 5.56 Å². The molecular formula is C24H29N3O2. The number of fused-ring (bicyclic) bond motifs is 2. The number of amidine groups is 1. The molecule has 2 aromatic carbocycles. The van der Waals surface area contributed by atoms with Crippen molar-refractivity contribution in [3.63, 3.8) is 0 Å². The zero-order valence-corrected chi connectivity index (χ0v) is 17.5. The van der Waals surface area contributed by atoms with Crippen LogP contribution in [-0.2, 0) is 4.79 Å². The number of carbonyl (C=O) groups excluding carboxylic acids is 1. The molecule has 2 heterocycles. The Morgan fingerprint density at radius 3 is 2.72 bits per heavy atom. The van der Waals surface area contributed by atoms with Gasteiger partial charge in [0.25, 0.3) is 0 Å². The summed E-state index contributed by atoms with van der Waals surface area (Å²) in [6, 6.07) is 14.1. The van der Waals surface area contributed by atoms with E-state index in [0.717, 1.165) is 61.2 Å². The van der Waals surface area contributed by atoms with E-state index in [9.17, 15) is 4.79 Å². The van der Waals surface area contributed by atoms with E-state index in [1.807, 2.05) is 35.2 Å². The van der Waals surface area contributed by atoms with Crippen molar-refractivity contribution in [2.75, 3.05) is 26.2 Å². The highest BCUT2D eigenvalue weighted by molar-refractivity contribution is 6.04. The summed E-state index contributed by atoms with van der Waals surface area (Å²) in [6.45, 7) is 9.47. The number of carbonyl (C=O) groups is 1. The summed E-state index contributed by atoms with van der Waals surface area (Å²) in [4.78, 5) is 21.9. The first-order valence-electron chi connectivity index (χ1n) is 10.5. The van der Waals surface area contributed by atoms with Gasteiger partial charge < -0.3 is 14.5 Å². The van der Waals surface area contributed by atoms with Crippen LogP contribution in [0.25, 0.3) is 0 Å². The van der Waals surface area contributed by atoms with Crippen molar-refractivity contribution in [3.05, 3.63) is 53.6 Å². The smallest absolute Gasteiger partial charge is 0.222 e. The van der Waals surface area contributed by atoms with Crippen LogP contribution in [0.4, 0.5) is 5.69 Å². The first-order chi connectivity index (χ1) is 14.0. The second kappa shape index (κ2) is 8.27. The van der Waals surface area contributed by atoms with Crippen LogP contribution in [0, 0.1) is 12.8 Å². The molecule has 0 radical (unpaired) electrons. The number of hydrogen-bond acceptors (Lipinski definition) is 4. The molecule has 0 atom stereocenters. The van der Waals surface area contributed by atoms with Gasteiger partial charge in [-0.05, 0) is 43.5 Å². The van der Waals surface area contributed by atoms with E-state index in [4.69, 9.17) is 9.73 Å². The van der Waals surface area contributed by atoms with Gasteiger partial charge in [0.2, 0.25) is 5.91 Å². The Morgan fingerprint density at radius 2 is 1.90 bits per heavy atom. The van der Waals surface area contributed by atoms with Gasteiger partial charge in [0.15, 0.2) is 5.75 Å². The molecule has 2 aromatic rings. The van der Waals surface area contributed by atoms with E-state index in [1.54, 1.807) is 0 Å². The molecule has 152 valence electrons. The number of ether oxygens (including phenoxy) is 1. The third kappa shape index (κ3) is 4.29. The number of benzene rings is 2. The summed E-state index contributed by atoms with van der Waals surface area (Å²) in [7, 11) is 0. The Morgan fingerprint density at radius 1 is 1.07 bits per heavy atom. The van der Waals surface area contributed by atoms with Crippen LogP contribution in [-0.4, -0.2) is 47.7 Å². The van der Waals surface area contributed by atoms with Gasteiger partial charge in [0.1, 0.15) is 17.3 Å². The van der Waals surface area contributed by atoms with Crippen molar-refractivity contribution in [3.8, 4) is 11.5 Å². The first kappa shape index (κ1) is 19.5. The summed E-state index contributed by atoms with van der Waals surface area (Å²) < 4.78 is 6.21. The van der Waals surface area contributed by atoms with Gasteiger partial charge in [-0.15, -0.1) is 0 Å². The van der Waals surface area contributed by atoms with Gasteiger partial charge in [-0.25, -0.2) is 4.99 Å². The SMILES string of the molecule is Cc1ccc2c(c1)C(N1CCCN(C(=O)CC(C)C)CC1)=Nc1ccccc1O2. The zero-order chi connectivity index (χ0) is 20.4. The maximum absolute atomic E-state index is 12.6. The summed E-state index contributed by atoms with van der Waals surface area (Å²) in [5.74, 6) is 3.19. The number of amides is 1. The third-order valence-electron chi connectivity index (χ3n) is 5.42. The third-order valence-corrected chi connectivity index (χ3v) is 5.42. The second-order valence-electron chi connectivity index (χ2n) is 8.32. The van der Waals surface area contributed by atoms with Crippen LogP contribution >= 0.6 is 0 Å². The topological polar surface area (TPSA) is 45.1 Å². The number of nitrogens with zero attached hydrogens (tertiary/aromatic N) is 3. The van der Waals surface area contributed by atoms with Crippen molar-refractivity contribution in [1.82, 2.24) is 9.80 Å². The van der Waals surface area contributed by atoms with Crippen LogP contribution in [0.2, 0.25) is 0 Å². The van der Waals surface area contributed by atoms with Crippen molar-refractivity contribution in [2.45, 2.75) is 33.6 Å². The molecule has 2 aliphatic rings. The summed E-state index contributed by atoms with van der Waals surface area (Å²) in [5.41, 5.74) is 3.03. The maximum Gasteiger partial charge on any atom is 0.222 e. The highest BCUT2D eigenvalue weighted by Crippen LogP contribution is 2.38. The lowest BCUT2D eigenvalue weighted by Gasteiger charge is -2.25. The van der Waals surface area contributed by atoms with E-state index in [2.05, 4.69) is 37.8 Å². The number of rotatable bonds is 2. The molecule has 0 aliphatic carbocycles. The average molecular weight is 392 g/mol. The molecule has 1 fully saturated rings. The Hall–Kier alpha value is -2.82. The van der Waals surface area contributed by atoms with Crippen molar-refractivity contribution in [1.29, 1.82) is 0 Å². The number of aliphatic imine (C=N–C) groups is 1. The largest absolute Gasteiger partial charge is 0.454 e. The fourth-order valence-corrected chi connectivity index (χ4v) is 3.93. The van der Waals surface area contributed by atoms with E-state index >= 15 is 0 Å². The van der Waals surface area contributed by atoms with Crippen LogP contribution in [0.1, 0.15) is 37.8 Å². The predicted octanol–water partition coefficient (Wildman–Crippen LogP) is 4.76. The molecule has 0 N–H and O–H groups in total. The summed E-state index contributed by atoms with van der Waals surface area (Å²) >= 11 is 0. The molecule has 0 aromatic heterocycles. The minimum Gasteiger partial charge on any atom is -0.454 e. The molecule has 0 unspecified atom stereocenters. The van der Waals surface area contributed by atoms with Crippen molar-refractivity contribution in [2.24, 2.45) is 10.9 Å². The van der Waals surface area contributed by atoms with Crippen LogP contribution in [0.3, 0.4) is 0 Å². The lowest BCUT2D eigenvalue weighted by atomic mass is 10.1. The minimum atomic E-state index is 0.259. The van der Waals surface area contributed by atoms with Crippen molar-refractivity contribution < 1.29 is 9.53 Å². The summed E-state index contributed by atoms with van der Waals surface area (Å²) in [6.07, 6.45) is 1.55. The van der Waals surface area contributed by atoms with E-state index < -0.39 is 0 Å². The molecule has 0 bridgehead atoms. The van der Waals surface area contributed by atoms with E-state index in [-0.39, 0.29) is 5.91 Å².